The Morgan fingerprint density at radius 1 is 1.22 bits per heavy atom. The van der Waals surface area contributed by atoms with Gasteiger partial charge >= 0.3 is 0 Å². The number of hydrogen-bond donors (Lipinski definition) is 1. The largest absolute Gasteiger partial charge is 0.456 e. The van der Waals surface area contributed by atoms with Crippen LogP contribution in [0.2, 0.25) is 5.02 Å². The SMILES string of the molecule is OCc1ccc(Oc2cc(F)ccc2Br)cc1Cl. The van der Waals surface area contributed by atoms with Crippen molar-refractivity contribution in [2.24, 2.45) is 0 Å². The lowest BCUT2D eigenvalue weighted by atomic mass is 10.2. The summed E-state index contributed by atoms with van der Waals surface area (Å²) in [7, 11) is 0. The second-order valence-electron chi connectivity index (χ2n) is 3.59. The Morgan fingerprint density at radius 2 is 2.00 bits per heavy atom. The molecule has 2 nitrogen and oxygen atoms in total. The standard InChI is InChI=1S/C13H9BrClFO2/c14-11-4-2-9(16)5-13(11)18-10-3-1-8(7-17)12(15)6-10/h1-6,17H,7H2. The molecule has 2 rings (SSSR count). The molecular weight excluding hydrogens is 322 g/mol. The predicted octanol–water partition coefficient (Wildman–Crippen LogP) is 4.53. The van der Waals surface area contributed by atoms with Gasteiger partial charge < -0.3 is 9.84 Å². The molecule has 0 fully saturated rings. The summed E-state index contributed by atoms with van der Waals surface area (Å²) in [5.74, 6) is 0.456. The molecule has 94 valence electrons. The van der Waals surface area contributed by atoms with Crippen molar-refractivity contribution in [2.45, 2.75) is 6.61 Å². The third-order valence-electron chi connectivity index (χ3n) is 2.32. The highest BCUT2D eigenvalue weighted by atomic mass is 79.9. The highest BCUT2D eigenvalue weighted by Gasteiger charge is 2.06. The molecule has 2 aromatic carbocycles. The van der Waals surface area contributed by atoms with Gasteiger partial charge in [-0.05, 0) is 45.8 Å². The first-order chi connectivity index (χ1) is 8.60. The summed E-state index contributed by atoms with van der Waals surface area (Å²) in [6, 6.07) is 9.06. The zero-order valence-corrected chi connectivity index (χ0v) is 11.5. The van der Waals surface area contributed by atoms with E-state index in [0.717, 1.165) is 0 Å². The van der Waals surface area contributed by atoms with Crippen molar-refractivity contribution in [3.63, 3.8) is 0 Å². The number of benzene rings is 2. The van der Waals surface area contributed by atoms with Gasteiger partial charge in [0, 0.05) is 11.1 Å². The van der Waals surface area contributed by atoms with Crippen molar-refractivity contribution in [2.75, 3.05) is 0 Å². The van der Waals surface area contributed by atoms with E-state index in [4.69, 9.17) is 21.4 Å². The molecular formula is C13H9BrClFO2. The van der Waals surface area contributed by atoms with Crippen LogP contribution in [0.3, 0.4) is 0 Å². The van der Waals surface area contributed by atoms with E-state index in [-0.39, 0.29) is 12.4 Å². The van der Waals surface area contributed by atoms with Crippen LogP contribution in [0, 0.1) is 5.82 Å². The molecule has 0 aliphatic carbocycles. The summed E-state index contributed by atoms with van der Waals surface area (Å²) < 4.78 is 19.2. The Hall–Kier alpha value is -1.10. The minimum Gasteiger partial charge on any atom is -0.456 e. The zero-order valence-electron chi connectivity index (χ0n) is 9.16. The quantitative estimate of drug-likeness (QED) is 0.895. The van der Waals surface area contributed by atoms with Gasteiger partial charge in [0.15, 0.2) is 0 Å². The number of hydrogen-bond acceptors (Lipinski definition) is 2. The predicted molar refractivity (Wildman–Crippen MR) is 71.5 cm³/mol. The first-order valence-electron chi connectivity index (χ1n) is 5.12. The first kappa shape index (κ1) is 13.3. The monoisotopic (exact) mass is 330 g/mol. The molecule has 0 bridgehead atoms. The molecule has 0 saturated carbocycles. The molecule has 0 aliphatic rings. The second kappa shape index (κ2) is 5.69. The van der Waals surface area contributed by atoms with Gasteiger partial charge in [0.25, 0.3) is 0 Å². The fraction of sp³-hybridized carbons (Fsp3) is 0.0769. The van der Waals surface area contributed by atoms with Crippen LogP contribution < -0.4 is 4.74 Å². The van der Waals surface area contributed by atoms with Gasteiger partial charge in [-0.1, -0.05) is 17.7 Å². The highest BCUT2D eigenvalue weighted by Crippen LogP contribution is 2.32. The Balaban J connectivity index is 2.28. The van der Waals surface area contributed by atoms with E-state index < -0.39 is 0 Å². The number of aliphatic hydroxyl groups excluding tert-OH is 1. The second-order valence-corrected chi connectivity index (χ2v) is 4.85. The van der Waals surface area contributed by atoms with Crippen LogP contribution in [0.5, 0.6) is 11.5 Å². The molecule has 0 aromatic heterocycles. The van der Waals surface area contributed by atoms with Gasteiger partial charge in [-0.3, -0.25) is 0 Å². The van der Waals surface area contributed by atoms with Gasteiger partial charge in [-0.2, -0.15) is 0 Å². The number of ether oxygens (including phenoxy) is 1. The first-order valence-corrected chi connectivity index (χ1v) is 6.29. The van der Waals surface area contributed by atoms with Crippen molar-refractivity contribution in [1.82, 2.24) is 0 Å². The van der Waals surface area contributed by atoms with Gasteiger partial charge in [-0.15, -0.1) is 0 Å². The van der Waals surface area contributed by atoms with E-state index in [1.165, 1.54) is 12.1 Å². The molecule has 18 heavy (non-hydrogen) atoms. The molecule has 0 aliphatic heterocycles. The van der Waals surface area contributed by atoms with Crippen molar-refractivity contribution in [3.8, 4) is 11.5 Å². The Kier molecular flexibility index (Phi) is 4.22. The fourth-order valence-electron chi connectivity index (χ4n) is 1.40. The molecule has 0 saturated heterocycles. The Bertz CT molecular complexity index is 575. The van der Waals surface area contributed by atoms with Gasteiger partial charge in [0.1, 0.15) is 17.3 Å². The van der Waals surface area contributed by atoms with Crippen LogP contribution in [0.4, 0.5) is 4.39 Å². The maximum Gasteiger partial charge on any atom is 0.144 e. The number of aliphatic hydroxyl groups is 1. The summed E-state index contributed by atoms with van der Waals surface area (Å²) >= 11 is 9.21. The van der Waals surface area contributed by atoms with Crippen molar-refractivity contribution in [1.29, 1.82) is 0 Å². The van der Waals surface area contributed by atoms with Crippen LogP contribution in [0.1, 0.15) is 5.56 Å². The molecule has 0 amide bonds. The smallest absolute Gasteiger partial charge is 0.144 e. The lowest BCUT2D eigenvalue weighted by molar-refractivity contribution is 0.282. The summed E-state index contributed by atoms with van der Waals surface area (Å²) in [6.45, 7) is -0.136. The van der Waals surface area contributed by atoms with Crippen LogP contribution in [-0.4, -0.2) is 5.11 Å². The maximum atomic E-state index is 13.1. The topological polar surface area (TPSA) is 29.5 Å². The van der Waals surface area contributed by atoms with Crippen molar-refractivity contribution >= 4 is 27.5 Å². The molecule has 5 heteroatoms. The number of rotatable bonds is 3. The molecule has 0 spiro atoms. The summed E-state index contributed by atoms with van der Waals surface area (Å²) in [5.41, 5.74) is 0.613. The van der Waals surface area contributed by atoms with Gasteiger partial charge in [0.2, 0.25) is 0 Å². The van der Waals surface area contributed by atoms with E-state index in [0.29, 0.717) is 26.6 Å². The minimum absolute atomic E-state index is 0.136. The average Bonchev–Trinajstić information content (AvgIpc) is 2.34. The third kappa shape index (κ3) is 3.02. The van der Waals surface area contributed by atoms with E-state index in [2.05, 4.69) is 15.9 Å². The number of halogens is 3. The maximum absolute atomic E-state index is 13.1. The normalized spacial score (nSPS) is 10.4. The molecule has 0 unspecified atom stereocenters. The third-order valence-corrected chi connectivity index (χ3v) is 3.32. The van der Waals surface area contributed by atoms with E-state index in [1.54, 1.807) is 24.3 Å². The highest BCUT2D eigenvalue weighted by molar-refractivity contribution is 9.10. The average molecular weight is 332 g/mol. The Morgan fingerprint density at radius 3 is 2.67 bits per heavy atom. The lowest BCUT2D eigenvalue weighted by Gasteiger charge is -2.09. The van der Waals surface area contributed by atoms with E-state index in [1.807, 2.05) is 0 Å². The zero-order chi connectivity index (χ0) is 13.1. The van der Waals surface area contributed by atoms with E-state index >= 15 is 0 Å². The van der Waals surface area contributed by atoms with Crippen LogP contribution in [-0.2, 0) is 6.61 Å². The van der Waals surface area contributed by atoms with Gasteiger partial charge in [-0.25, -0.2) is 4.39 Å². The molecule has 1 N–H and O–H groups in total. The van der Waals surface area contributed by atoms with Crippen molar-refractivity contribution in [3.05, 3.63) is 57.3 Å². The van der Waals surface area contributed by atoms with Crippen LogP contribution in [0.25, 0.3) is 0 Å². The fourth-order valence-corrected chi connectivity index (χ4v) is 1.96. The van der Waals surface area contributed by atoms with Crippen LogP contribution in [0.15, 0.2) is 40.9 Å². The summed E-state index contributed by atoms with van der Waals surface area (Å²) in [6.07, 6.45) is 0. The molecule has 0 atom stereocenters. The lowest BCUT2D eigenvalue weighted by Crippen LogP contribution is -1.89. The van der Waals surface area contributed by atoms with E-state index in [9.17, 15) is 4.39 Å². The summed E-state index contributed by atoms with van der Waals surface area (Å²) in [4.78, 5) is 0. The molecule has 0 radical (unpaired) electrons. The molecule has 0 heterocycles. The van der Waals surface area contributed by atoms with Gasteiger partial charge in [0.05, 0.1) is 11.1 Å². The van der Waals surface area contributed by atoms with Crippen molar-refractivity contribution < 1.29 is 14.2 Å². The molecule has 2 aromatic rings. The minimum atomic E-state index is -0.383. The Labute approximate surface area is 117 Å². The van der Waals surface area contributed by atoms with Crippen LogP contribution >= 0.6 is 27.5 Å². The summed E-state index contributed by atoms with van der Waals surface area (Å²) in [5, 5.41) is 9.40.